The van der Waals surface area contributed by atoms with Crippen LogP contribution < -0.4 is 5.32 Å². The molecule has 0 aliphatic heterocycles. The molecule has 0 saturated carbocycles. The first-order valence-corrected chi connectivity index (χ1v) is 8.20. The molecular formula is C19H17ClN2O3. The maximum atomic E-state index is 12.0. The Morgan fingerprint density at radius 3 is 2.84 bits per heavy atom. The van der Waals surface area contributed by atoms with E-state index in [1.165, 1.54) is 0 Å². The van der Waals surface area contributed by atoms with Gasteiger partial charge in [0.2, 0.25) is 5.91 Å². The summed E-state index contributed by atoms with van der Waals surface area (Å²) in [7, 11) is 0. The molecule has 5 nitrogen and oxygen atoms in total. The Morgan fingerprint density at radius 1 is 1.28 bits per heavy atom. The van der Waals surface area contributed by atoms with Crippen molar-refractivity contribution in [3.63, 3.8) is 0 Å². The van der Waals surface area contributed by atoms with Crippen LogP contribution in [0.4, 0.5) is 5.69 Å². The minimum Gasteiger partial charge on any atom is -0.506 e. The summed E-state index contributed by atoms with van der Waals surface area (Å²) >= 11 is 6.14. The number of hydrogen-bond donors (Lipinski definition) is 2. The van der Waals surface area contributed by atoms with E-state index < -0.39 is 0 Å². The number of hydrogen-bond acceptors (Lipinski definition) is 4. The van der Waals surface area contributed by atoms with Gasteiger partial charge in [-0.05, 0) is 36.8 Å². The maximum Gasteiger partial charge on any atom is 0.224 e. The van der Waals surface area contributed by atoms with Crippen LogP contribution in [-0.4, -0.2) is 16.0 Å². The van der Waals surface area contributed by atoms with Gasteiger partial charge in [0.05, 0.1) is 16.9 Å². The second kappa shape index (κ2) is 7.40. The van der Waals surface area contributed by atoms with Crippen LogP contribution in [0.3, 0.4) is 0 Å². The maximum absolute atomic E-state index is 12.0. The molecule has 25 heavy (non-hydrogen) atoms. The molecule has 3 aromatic rings. The third kappa shape index (κ3) is 4.19. The van der Waals surface area contributed by atoms with Crippen molar-refractivity contribution in [2.24, 2.45) is 0 Å². The van der Waals surface area contributed by atoms with E-state index in [1.54, 1.807) is 24.4 Å². The van der Waals surface area contributed by atoms with Crippen molar-refractivity contribution in [2.45, 2.75) is 19.8 Å². The number of phenolic OH excluding ortho intramolecular Hbond substituents is 1. The Kier molecular flexibility index (Phi) is 5.05. The van der Waals surface area contributed by atoms with Gasteiger partial charge in [0.25, 0.3) is 0 Å². The van der Waals surface area contributed by atoms with E-state index in [-0.39, 0.29) is 18.1 Å². The van der Waals surface area contributed by atoms with E-state index in [0.29, 0.717) is 28.8 Å². The molecule has 2 aromatic carbocycles. The highest BCUT2D eigenvalue weighted by Crippen LogP contribution is 2.28. The zero-order valence-electron chi connectivity index (χ0n) is 13.6. The summed E-state index contributed by atoms with van der Waals surface area (Å²) < 4.78 is 5.67. The predicted molar refractivity (Wildman–Crippen MR) is 96.7 cm³/mol. The third-order valence-corrected chi connectivity index (χ3v) is 4.02. The summed E-state index contributed by atoms with van der Waals surface area (Å²) in [4.78, 5) is 16.2. The zero-order chi connectivity index (χ0) is 17.8. The number of anilines is 1. The lowest BCUT2D eigenvalue weighted by molar-refractivity contribution is -0.116. The molecule has 0 atom stereocenters. The van der Waals surface area contributed by atoms with Crippen molar-refractivity contribution >= 4 is 23.2 Å². The van der Waals surface area contributed by atoms with Crippen molar-refractivity contribution in [1.82, 2.24) is 4.98 Å². The Hall–Kier alpha value is -2.79. The number of aryl methyl sites for hydroxylation is 2. The fourth-order valence-corrected chi connectivity index (χ4v) is 2.62. The van der Waals surface area contributed by atoms with Gasteiger partial charge in [-0.3, -0.25) is 4.79 Å². The molecule has 1 heterocycles. The summed E-state index contributed by atoms with van der Waals surface area (Å²) in [6.07, 6.45) is 2.14. The summed E-state index contributed by atoms with van der Waals surface area (Å²) in [6.45, 7) is 1.87. The Balaban J connectivity index is 1.60. The van der Waals surface area contributed by atoms with E-state index in [9.17, 15) is 9.90 Å². The topological polar surface area (TPSA) is 75.4 Å². The number of nitrogens with zero attached hydrogens (tertiary/aromatic N) is 1. The lowest BCUT2D eigenvalue weighted by Gasteiger charge is -2.07. The number of carbonyl (C=O) groups is 1. The molecule has 0 fully saturated rings. The molecule has 1 amide bonds. The summed E-state index contributed by atoms with van der Waals surface area (Å²) in [5, 5.41) is 13.1. The molecule has 3 rings (SSSR count). The van der Waals surface area contributed by atoms with E-state index in [2.05, 4.69) is 10.3 Å². The molecule has 2 N–H and O–H groups in total. The number of benzene rings is 2. The molecular weight excluding hydrogens is 340 g/mol. The molecule has 0 radical (unpaired) electrons. The number of aromatic nitrogens is 1. The second-order valence-electron chi connectivity index (χ2n) is 5.67. The smallest absolute Gasteiger partial charge is 0.224 e. The molecule has 6 heteroatoms. The first-order chi connectivity index (χ1) is 12.0. The zero-order valence-corrected chi connectivity index (χ0v) is 14.4. The lowest BCUT2D eigenvalue weighted by Crippen LogP contribution is -2.12. The van der Waals surface area contributed by atoms with Gasteiger partial charge in [0.1, 0.15) is 5.75 Å². The SMILES string of the molecule is Cc1ccc(NC(=O)CCc2ncc(-c3ccccc3Cl)o2)c(O)c1. The molecule has 1 aromatic heterocycles. The van der Waals surface area contributed by atoms with E-state index >= 15 is 0 Å². The van der Waals surface area contributed by atoms with Crippen LogP contribution >= 0.6 is 11.6 Å². The molecule has 0 aliphatic rings. The number of oxazole rings is 1. The van der Waals surface area contributed by atoms with Crippen molar-refractivity contribution in [3.05, 3.63) is 65.1 Å². The van der Waals surface area contributed by atoms with Crippen LogP contribution in [0.2, 0.25) is 5.02 Å². The van der Waals surface area contributed by atoms with Gasteiger partial charge in [-0.2, -0.15) is 0 Å². The molecule has 0 spiro atoms. The molecule has 128 valence electrons. The second-order valence-corrected chi connectivity index (χ2v) is 6.07. The van der Waals surface area contributed by atoms with Gasteiger partial charge in [0, 0.05) is 18.4 Å². The van der Waals surface area contributed by atoms with Crippen LogP contribution in [-0.2, 0) is 11.2 Å². The van der Waals surface area contributed by atoms with Crippen LogP contribution in [0.1, 0.15) is 17.9 Å². The molecule has 0 aliphatic carbocycles. The van der Waals surface area contributed by atoms with Gasteiger partial charge >= 0.3 is 0 Å². The first kappa shape index (κ1) is 17.0. The highest BCUT2D eigenvalue weighted by atomic mass is 35.5. The largest absolute Gasteiger partial charge is 0.506 e. The highest BCUT2D eigenvalue weighted by Gasteiger charge is 2.12. The summed E-state index contributed by atoms with van der Waals surface area (Å²) in [6, 6.07) is 12.4. The summed E-state index contributed by atoms with van der Waals surface area (Å²) in [5.74, 6) is 0.845. The normalized spacial score (nSPS) is 10.6. The molecule has 0 unspecified atom stereocenters. The minimum absolute atomic E-state index is 0.0467. The van der Waals surface area contributed by atoms with Crippen molar-refractivity contribution in [1.29, 1.82) is 0 Å². The van der Waals surface area contributed by atoms with Crippen molar-refractivity contribution in [2.75, 3.05) is 5.32 Å². The van der Waals surface area contributed by atoms with Crippen molar-refractivity contribution < 1.29 is 14.3 Å². The van der Waals surface area contributed by atoms with Gasteiger partial charge in [-0.1, -0.05) is 29.8 Å². The molecule has 0 saturated heterocycles. The number of carbonyl (C=O) groups excluding carboxylic acids is 1. The predicted octanol–water partition coefficient (Wildman–Crippen LogP) is 4.58. The van der Waals surface area contributed by atoms with Crippen molar-refractivity contribution in [3.8, 4) is 17.1 Å². The molecule has 0 bridgehead atoms. The van der Waals surface area contributed by atoms with Gasteiger partial charge < -0.3 is 14.8 Å². The Labute approximate surface area is 150 Å². The van der Waals surface area contributed by atoms with Crippen LogP contribution in [0, 0.1) is 6.92 Å². The summed E-state index contributed by atoms with van der Waals surface area (Å²) in [5.41, 5.74) is 2.07. The van der Waals surface area contributed by atoms with Crippen LogP contribution in [0.5, 0.6) is 5.75 Å². The van der Waals surface area contributed by atoms with Gasteiger partial charge in [-0.25, -0.2) is 4.98 Å². The quantitative estimate of drug-likeness (QED) is 0.656. The third-order valence-electron chi connectivity index (χ3n) is 3.69. The monoisotopic (exact) mass is 356 g/mol. The fourth-order valence-electron chi connectivity index (χ4n) is 2.39. The lowest BCUT2D eigenvalue weighted by atomic mass is 10.2. The van der Waals surface area contributed by atoms with Gasteiger partial charge in [0.15, 0.2) is 11.7 Å². The van der Waals surface area contributed by atoms with Crippen LogP contribution in [0.15, 0.2) is 53.1 Å². The number of halogens is 1. The first-order valence-electron chi connectivity index (χ1n) is 7.82. The number of nitrogens with one attached hydrogen (secondary N) is 1. The van der Waals surface area contributed by atoms with E-state index in [4.69, 9.17) is 16.0 Å². The number of aromatic hydroxyl groups is 1. The van der Waals surface area contributed by atoms with E-state index in [1.807, 2.05) is 31.2 Å². The van der Waals surface area contributed by atoms with Gasteiger partial charge in [-0.15, -0.1) is 0 Å². The Morgan fingerprint density at radius 2 is 2.08 bits per heavy atom. The Bertz CT molecular complexity index is 905. The highest BCUT2D eigenvalue weighted by molar-refractivity contribution is 6.33. The minimum atomic E-state index is -0.225. The number of amides is 1. The number of rotatable bonds is 5. The van der Waals surface area contributed by atoms with E-state index in [0.717, 1.165) is 11.1 Å². The average Bonchev–Trinajstić information content (AvgIpc) is 3.05. The average molecular weight is 357 g/mol. The number of phenols is 1. The standard InChI is InChI=1S/C19H17ClN2O3/c1-12-6-7-15(16(23)10-12)22-18(24)8-9-19-21-11-17(25-19)13-4-2-3-5-14(13)20/h2-7,10-11,23H,8-9H2,1H3,(H,22,24). The van der Waals surface area contributed by atoms with Crippen LogP contribution in [0.25, 0.3) is 11.3 Å². The fraction of sp³-hybridized carbons (Fsp3) is 0.158.